The molecule has 0 bridgehead atoms. The van der Waals surface area contributed by atoms with Crippen LogP contribution in [0.5, 0.6) is 0 Å². The van der Waals surface area contributed by atoms with Crippen molar-refractivity contribution in [3.05, 3.63) is 0 Å². The Morgan fingerprint density at radius 1 is 0.275 bits per heavy atom. The van der Waals surface area contributed by atoms with Crippen molar-refractivity contribution in [3.8, 4) is 0 Å². The minimum absolute atomic E-state index is 1.11. The molecule has 240 valence electrons. The fourth-order valence-corrected chi connectivity index (χ4v) is 7.12. The van der Waals surface area contributed by atoms with E-state index in [4.69, 9.17) is 0 Å². The summed E-state index contributed by atoms with van der Waals surface area (Å²) in [5.41, 5.74) is 0. The van der Waals surface area contributed by atoms with Crippen LogP contribution in [0.4, 0.5) is 0 Å². The van der Waals surface area contributed by atoms with Crippen LogP contribution in [0.15, 0.2) is 0 Å². The first-order chi connectivity index (χ1) is 19.9. The van der Waals surface area contributed by atoms with Crippen LogP contribution in [-0.4, -0.2) is 0 Å². The average molecular weight is 561 g/mol. The van der Waals surface area contributed by atoms with Crippen molar-refractivity contribution in [2.75, 3.05) is 0 Å². The summed E-state index contributed by atoms with van der Waals surface area (Å²) in [7, 11) is 0. The van der Waals surface area contributed by atoms with E-state index in [0.717, 1.165) is 11.8 Å². The second kappa shape index (κ2) is 31.9. The van der Waals surface area contributed by atoms with E-state index in [0.29, 0.717) is 0 Å². The van der Waals surface area contributed by atoms with Crippen molar-refractivity contribution < 1.29 is 0 Å². The molecule has 1 rings (SSSR count). The molecule has 0 N–H and O–H groups in total. The normalized spacial score (nSPS) is 16.6. The van der Waals surface area contributed by atoms with Crippen molar-refractivity contribution in [3.63, 3.8) is 0 Å². The third kappa shape index (κ3) is 28.1. The summed E-state index contributed by atoms with van der Waals surface area (Å²) in [6, 6.07) is 0. The molecule has 0 aromatic carbocycles. The summed E-state index contributed by atoms with van der Waals surface area (Å²) in [6.45, 7) is 4.68. The fourth-order valence-electron chi connectivity index (χ4n) is 7.12. The SMILES string of the molecule is CCCCCCCCCCCCCCCCCCCCCCCCCCCCCCCCCCCC1CC1CC. The van der Waals surface area contributed by atoms with Gasteiger partial charge < -0.3 is 0 Å². The van der Waals surface area contributed by atoms with Crippen LogP contribution in [0, 0.1) is 11.8 Å². The predicted octanol–water partition coefficient (Wildman–Crippen LogP) is 15.3. The Hall–Kier alpha value is 0. The van der Waals surface area contributed by atoms with E-state index >= 15 is 0 Å². The molecule has 0 radical (unpaired) electrons. The number of hydrogen-bond donors (Lipinski definition) is 0. The Morgan fingerprint density at radius 3 is 0.700 bits per heavy atom. The molecule has 1 aliphatic carbocycles. The summed E-state index contributed by atoms with van der Waals surface area (Å²) in [6.07, 6.45) is 53.7. The third-order valence-electron chi connectivity index (χ3n) is 10.3. The summed E-state index contributed by atoms with van der Waals surface area (Å²) < 4.78 is 0. The van der Waals surface area contributed by atoms with E-state index in [1.54, 1.807) is 6.42 Å². The molecule has 1 aliphatic rings. The first kappa shape index (κ1) is 38.0. The fraction of sp³-hybridized carbons (Fsp3) is 1.00. The molecule has 0 heteroatoms. The molecule has 0 aromatic heterocycles. The van der Waals surface area contributed by atoms with Crippen molar-refractivity contribution in [2.45, 2.75) is 245 Å². The van der Waals surface area contributed by atoms with Crippen LogP contribution in [-0.2, 0) is 0 Å². The van der Waals surface area contributed by atoms with Gasteiger partial charge in [0.25, 0.3) is 0 Å². The lowest BCUT2D eigenvalue weighted by molar-refractivity contribution is 0.509. The molecular weight excluding hydrogens is 480 g/mol. The standard InChI is InChI=1S/C40H80/c1-3-5-6-7-8-9-10-11-12-13-14-15-16-17-18-19-20-21-22-23-24-25-26-27-28-29-30-31-32-33-34-35-36-37-40-38-39(40)4-2/h39-40H,3-38H2,1-2H3. The highest BCUT2D eigenvalue weighted by atomic mass is 14.4. The van der Waals surface area contributed by atoms with E-state index in [1.807, 2.05) is 0 Å². The van der Waals surface area contributed by atoms with Crippen molar-refractivity contribution in [1.29, 1.82) is 0 Å². The molecule has 0 heterocycles. The summed E-state index contributed by atoms with van der Waals surface area (Å²) in [5, 5.41) is 0. The van der Waals surface area contributed by atoms with Gasteiger partial charge in [0.2, 0.25) is 0 Å². The predicted molar refractivity (Wildman–Crippen MR) is 185 cm³/mol. The Balaban J connectivity index is 1.59. The molecular formula is C40H80. The summed E-state index contributed by atoms with van der Waals surface area (Å²) >= 11 is 0. The molecule has 1 fully saturated rings. The maximum absolute atomic E-state index is 2.37. The first-order valence-corrected chi connectivity index (χ1v) is 19.9. The quantitative estimate of drug-likeness (QED) is 0.0676. The molecule has 0 saturated heterocycles. The molecule has 0 amide bonds. The Labute approximate surface area is 256 Å². The van der Waals surface area contributed by atoms with Gasteiger partial charge in [-0.2, -0.15) is 0 Å². The summed E-state index contributed by atoms with van der Waals surface area (Å²) in [5.74, 6) is 2.24. The first-order valence-electron chi connectivity index (χ1n) is 19.9. The van der Waals surface area contributed by atoms with Gasteiger partial charge in [0, 0.05) is 0 Å². The van der Waals surface area contributed by atoms with Gasteiger partial charge in [-0.3, -0.25) is 0 Å². The zero-order valence-electron chi connectivity index (χ0n) is 28.6. The smallest absolute Gasteiger partial charge is 0.0383 e. The average Bonchev–Trinajstić information content (AvgIpc) is 3.74. The highest BCUT2D eigenvalue weighted by molar-refractivity contribution is 4.84. The van der Waals surface area contributed by atoms with Crippen molar-refractivity contribution in [1.82, 2.24) is 0 Å². The van der Waals surface area contributed by atoms with E-state index in [-0.39, 0.29) is 0 Å². The molecule has 0 aliphatic heterocycles. The van der Waals surface area contributed by atoms with Crippen LogP contribution in [0.2, 0.25) is 0 Å². The maximum Gasteiger partial charge on any atom is -0.0383 e. The van der Waals surface area contributed by atoms with Gasteiger partial charge in [-0.1, -0.05) is 239 Å². The molecule has 40 heavy (non-hydrogen) atoms. The van der Waals surface area contributed by atoms with Crippen LogP contribution >= 0.6 is 0 Å². The van der Waals surface area contributed by atoms with Crippen LogP contribution < -0.4 is 0 Å². The largest absolute Gasteiger partial charge is 0.0654 e. The zero-order valence-corrected chi connectivity index (χ0v) is 28.6. The Kier molecular flexibility index (Phi) is 30.3. The lowest BCUT2D eigenvalue weighted by Gasteiger charge is -2.05. The van der Waals surface area contributed by atoms with E-state index in [1.165, 1.54) is 225 Å². The Bertz CT molecular complexity index is 453. The highest BCUT2D eigenvalue weighted by Crippen LogP contribution is 2.44. The van der Waals surface area contributed by atoms with Crippen LogP contribution in [0.25, 0.3) is 0 Å². The maximum atomic E-state index is 2.37. The second-order valence-corrected chi connectivity index (χ2v) is 14.3. The third-order valence-corrected chi connectivity index (χ3v) is 10.3. The lowest BCUT2D eigenvalue weighted by Crippen LogP contribution is -1.85. The highest BCUT2D eigenvalue weighted by Gasteiger charge is 2.33. The molecule has 1 saturated carbocycles. The molecule has 0 aromatic rings. The van der Waals surface area contributed by atoms with Gasteiger partial charge in [-0.05, 0) is 18.3 Å². The van der Waals surface area contributed by atoms with E-state index in [2.05, 4.69) is 13.8 Å². The van der Waals surface area contributed by atoms with Crippen LogP contribution in [0.1, 0.15) is 245 Å². The second-order valence-electron chi connectivity index (χ2n) is 14.3. The van der Waals surface area contributed by atoms with Gasteiger partial charge in [-0.25, -0.2) is 0 Å². The molecule has 0 nitrogen and oxygen atoms in total. The minimum Gasteiger partial charge on any atom is -0.0654 e. The van der Waals surface area contributed by atoms with E-state index in [9.17, 15) is 0 Å². The number of rotatable bonds is 35. The van der Waals surface area contributed by atoms with Gasteiger partial charge in [0.1, 0.15) is 0 Å². The topological polar surface area (TPSA) is 0 Å². The molecule has 0 spiro atoms. The lowest BCUT2D eigenvalue weighted by atomic mass is 10.0. The molecule has 2 unspecified atom stereocenters. The Morgan fingerprint density at radius 2 is 0.500 bits per heavy atom. The van der Waals surface area contributed by atoms with Gasteiger partial charge in [-0.15, -0.1) is 0 Å². The van der Waals surface area contributed by atoms with Crippen molar-refractivity contribution in [2.24, 2.45) is 11.8 Å². The molecule has 2 atom stereocenters. The monoisotopic (exact) mass is 561 g/mol. The van der Waals surface area contributed by atoms with Gasteiger partial charge in [0.05, 0.1) is 0 Å². The van der Waals surface area contributed by atoms with Crippen molar-refractivity contribution >= 4 is 0 Å². The summed E-state index contributed by atoms with van der Waals surface area (Å²) in [4.78, 5) is 0. The number of unbranched alkanes of at least 4 members (excludes halogenated alkanes) is 32. The van der Waals surface area contributed by atoms with E-state index < -0.39 is 0 Å². The van der Waals surface area contributed by atoms with Gasteiger partial charge in [0.15, 0.2) is 0 Å². The number of hydrogen-bond acceptors (Lipinski definition) is 0. The van der Waals surface area contributed by atoms with Crippen LogP contribution in [0.3, 0.4) is 0 Å². The minimum atomic E-state index is 1.11. The van der Waals surface area contributed by atoms with Gasteiger partial charge >= 0.3 is 0 Å². The zero-order chi connectivity index (χ0) is 28.6.